The topological polar surface area (TPSA) is 83.4 Å². The van der Waals surface area contributed by atoms with Gasteiger partial charge in [0.2, 0.25) is 5.43 Å². The lowest BCUT2D eigenvalue weighted by molar-refractivity contribution is 0.101. The maximum Gasteiger partial charge on any atom is 0.420 e. The molecule has 0 atom stereocenters. The fourth-order valence-corrected chi connectivity index (χ4v) is 3.24. The lowest BCUT2D eigenvalue weighted by Crippen LogP contribution is -2.20. The van der Waals surface area contributed by atoms with Crippen molar-refractivity contribution >= 4 is 16.9 Å². The predicted octanol–water partition coefficient (Wildman–Crippen LogP) is 3.12. The normalized spacial score (nSPS) is 11.0. The first-order valence-electron chi connectivity index (χ1n) is 9.43. The predicted molar refractivity (Wildman–Crippen MR) is 112 cm³/mol. The number of hydrogen-bond donors (Lipinski definition) is 0. The maximum atomic E-state index is 12.5. The van der Waals surface area contributed by atoms with Crippen molar-refractivity contribution in [3.63, 3.8) is 0 Å². The van der Waals surface area contributed by atoms with Crippen molar-refractivity contribution < 1.29 is 13.9 Å². The molecule has 0 radical (unpaired) electrons. The number of hydrogen-bond acceptors (Lipinski definition) is 5. The molecule has 2 heterocycles. The number of carbonyl (C=O) groups is 1. The minimum absolute atomic E-state index is 0.110. The zero-order valence-electron chi connectivity index (χ0n) is 16.6. The minimum Gasteiger partial charge on any atom is -0.483 e. The summed E-state index contributed by atoms with van der Waals surface area (Å²) in [7, 11) is 1.78. The number of ether oxygens (including phenoxy) is 1. The van der Waals surface area contributed by atoms with Crippen LogP contribution in [0.15, 0.2) is 74.8 Å². The quantitative estimate of drug-likeness (QED) is 0.461. The van der Waals surface area contributed by atoms with Gasteiger partial charge in [-0.15, -0.1) is 0 Å². The molecule has 0 unspecified atom stereocenters. The van der Waals surface area contributed by atoms with Gasteiger partial charge in [0.15, 0.2) is 17.1 Å². The van der Waals surface area contributed by atoms with Crippen molar-refractivity contribution in [2.24, 2.45) is 7.05 Å². The third-order valence-corrected chi connectivity index (χ3v) is 4.94. The Kier molecular flexibility index (Phi) is 5.10. The van der Waals surface area contributed by atoms with Gasteiger partial charge in [-0.25, -0.2) is 4.79 Å². The summed E-state index contributed by atoms with van der Waals surface area (Å²) in [4.78, 5) is 36.4. The van der Waals surface area contributed by atoms with E-state index >= 15 is 0 Å². The molecule has 0 saturated heterocycles. The second-order valence-corrected chi connectivity index (χ2v) is 7.07. The highest BCUT2D eigenvalue weighted by Crippen LogP contribution is 2.17. The summed E-state index contributed by atoms with van der Waals surface area (Å²) >= 11 is 0. The molecule has 0 bridgehead atoms. The van der Waals surface area contributed by atoms with Gasteiger partial charge in [-0.05, 0) is 30.7 Å². The summed E-state index contributed by atoms with van der Waals surface area (Å²) in [5.41, 5.74) is 2.68. The highest BCUT2D eigenvalue weighted by molar-refractivity contribution is 5.96. The molecule has 0 spiro atoms. The molecule has 7 nitrogen and oxygen atoms in total. The van der Waals surface area contributed by atoms with Crippen LogP contribution < -0.4 is 15.9 Å². The molecule has 0 amide bonds. The number of rotatable bonds is 6. The molecule has 30 heavy (non-hydrogen) atoms. The smallest absolute Gasteiger partial charge is 0.420 e. The van der Waals surface area contributed by atoms with Gasteiger partial charge >= 0.3 is 5.76 Å². The van der Waals surface area contributed by atoms with E-state index < -0.39 is 5.76 Å². The van der Waals surface area contributed by atoms with Crippen LogP contribution >= 0.6 is 0 Å². The molecule has 0 aliphatic carbocycles. The number of Topliss-reactive ketones (excluding diaryl/α,β-unsaturated/α-hetero) is 1. The lowest BCUT2D eigenvalue weighted by atomic mass is 10.1. The summed E-state index contributed by atoms with van der Waals surface area (Å²) in [6.45, 7) is 1.89. The number of oxazole rings is 1. The monoisotopic (exact) mass is 404 g/mol. The van der Waals surface area contributed by atoms with Gasteiger partial charge in [-0.3, -0.25) is 14.2 Å². The Morgan fingerprint density at radius 3 is 2.57 bits per heavy atom. The van der Waals surface area contributed by atoms with E-state index in [1.165, 1.54) is 17.6 Å². The third-order valence-electron chi connectivity index (χ3n) is 4.94. The van der Waals surface area contributed by atoms with Crippen molar-refractivity contribution in [1.29, 1.82) is 0 Å². The van der Waals surface area contributed by atoms with Gasteiger partial charge in [-0.1, -0.05) is 30.3 Å². The number of aryl methyl sites for hydroxylation is 1. The molecule has 4 rings (SSSR count). The number of pyridine rings is 1. The van der Waals surface area contributed by atoms with E-state index in [4.69, 9.17) is 9.15 Å². The first-order valence-corrected chi connectivity index (χ1v) is 9.43. The Morgan fingerprint density at radius 2 is 1.83 bits per heavy atom. The molecule has 0 aliphatic rings. The summed E-state index contributed by atoms with van der Waals surface area (Å²) in [5, 5.41) is 0. The molecule has 2 aromatic carbocycles. The fraction of sp³-hybridized carbons (Fsp3) is 0.174. The Bertz CT molecular complexity index is 1350. The van der Waals surface area contributed by atoms with Crippen molar-refractivity contribution in [2.75, 3.05) is 0 Å². The Labute approximate surface area is 171 Å². The average molecular weight is 404 g/mol. The summed E-state index contributed by atoms with van der Waals surface area (Å²) < 4.78 is 14.1. The zero-order chi connectivity index (χ0) is 21.3. The van der Waals surface area contributed by atoms with Gasteiger partial charge in [0.1, 0.15) is 6.61 Å². The van der Waals surface area contributed by atoms with Crippen molar-refractivity contribution in [2.45, 2.75) is 20.1 Å². The number of benzene rings is 2. The van der Waals surface area contributed by atoms with Gasteiger partial charge in [0.25, 0.3) is 0 Å². The Hall–Kier alpha value is -3.87. The molecule has 0 N–H and O–H groups in total. The van der Waals surface area contributed by atoms with Crippen molar-refractivity contribution in [3.8, 4) is 5.75 Å². The van der Waals surface area contributed by atoms with Crippen molar-refractivity contribution in [3.05, 3.63) is 98.4 Å². The van der Waals surface area contributed by atoms with E-state index in [1.54, 1.807) is 36.0 Å². The average Bonchev–Trinajstić information content (AvgIpc) is 3.04. The number of carbonyl (C=O) groups excluding carboxylic acids is 1. The van der Waals surface area contributed by atoms with Crippen LogP contribution in [-0.4, -0.2) is 14.9 Å². The molecular formula is C23H20N2O5. The zero-order valence-corrected chi connectivity index (χ0v) is 16.6. The third kappa shape index (κ3) is 3.82. The molecule has 0 fully saturated rings. The van der Waals surface area contributed by atoms with Crippen LogP contribution in [0, 0.1) is 0 Å². The number of fused-ring (bicyclic) bond motifs is 1. The van der Waals surface area contributed by atoms with E-state index in [2.05, 4.69) is 0 Å². The molecule has 7 heteroatoms. The second-order valence-electron chi connectivity index (χ2n) is 7.07. The van der Waals surface area contributed by atoms with Crippen LogP contribution in [0.3, 0.4) is 0 Å². The van der Waals surface area contributed by atoms with Crippen LogP contribution in [0.1, 0.15) is 28.5 Å². The number of aromatic nitrogens is 2. The second kappa shape index (κ2) is 7.87. The maximum absolute atomic E-state index is 12.5. The molecule has 152 valence electrons. The number of nitrogens with zero attached hydrogens (tertiary/aromatic N) is 2. The SMILES string of the molecule is CC(=O)c1ccc2c(c1)oc(=O)n2Cc1cc(=O)c(OCc2ccccc2)cn1C. The van der Waals surface area contributed by atoms with Gasteiger partial charge in [0.05, 0.1) is 18.3 Å². The van der Waals surface area contributed by atoms with E-state index in [9.17, 15) is 14.4 Å². The Morgan fingerprint density at radius 1 is 1.07 bits per heavy atom. The van der Waals surface area contributed by atoms with Gasteiger partial charge in [-0.2, -0.15) is 0 Å². The highest BCUT2D eigenvalue weighted by Gasteiger charge is 2.14. The van der Waals surface area contributed by atoms with E-state index in [-0.39, 0.29) is 23.5 Å². The summed E-state index contributed by atoms with van der Waals surface area (Å²) in [5.74, 6) is -0.427. The first-order chi connectivity index (χ1) is 14.4. The largest absolute Gasteiger partial charge is 0.483 e. The molecular weight excluding hydrogens is 384 g/mol. The van der Waals surface area contributed by atoms with Crippen LogP contribution in [0.2, 0.25) is 0 Å². The molecule has 0 aliphatic heterocycles. The first kappa shape index (κ1) is 19.4. The van der Waals surface area contributed by atoms with Crippen LogP contribution in [0.4, 0.5) is 0 Å². The van der Waals surface area contributed by atoms with E-state index in [0.717, 1.165) is 5.56 Å². The lowest BCUT2D eigenvalue weighted by Gasteiger charge is -2.12. The summed E-state index contributed by atoms with van der Waals surface area (Å²) in [6, 6.07) is 15.9. The fourth-order valence-electron chi connectivity index (χ4n) is 3.24. The number of ketones is 1. The molecule has 4 aromatic rings. The van der Waals surface area contributed by atoms with E-state index in [0.29, 0.717) is 29.0 Å². The highest BCUT2D eigenvalue weighted by atomic mass is 16.5. The van der Waals surface area contributed by atoms with Crippen LogP contribution in [0.5, 0.6) is 5.75 Å². The Balaban J connectivity index is 1.62. The van der Waals surface area contributed by atoms with Crippen molar-refractivity contribution in [1.82, 2.24) is 9.13 Å². The van der Waals surface area contributed by atoms with Crippen LogP contribution in [0.25, 0.3) is 11.1 Å². The minimum atomic E-state index is -0.553. The van der Waals surface area contributed by atoms with Gasteiger partial charge < -0.3 is 13.7 Å². The standard InChI is InChI=1S/C23H20N2O5/c1-15(26)17-8-9-19-21(10-17)30-23(28)25(19)12-18-11-20(27)22(13-24(18)2)29-14-16-6-4-3-5-7-16/h3-11,13H,12,14H2,1-2H3. The van der Waals surface area contributed by atoms with Gasteiger partial charge in [0, 0.05) is 24.4 Å². The van der Waals surface area contributed by atoms with Crippen LogP contribution in [-0.2, 0) is 20.2 Å². The van der Waals surface area contributed by atoms with E-state index in [1.807, 2.05) is 30.3 Å². The molecule has 2 aromatic heterocycles. The molecule has 0 saturated carbocycles. The summed E-state index contributed by atoms with van der Waals surface area (Å²) in [6.07, 6.45) is 1.61.